The third-order valence-corrected chi connectivity index (χ3v) is 3.40. The summed E-state index contributed by atoms with van der Waals surface area (Å²) in [5.41, 5.74) is 1.10. The van der Waals surface area contributed by atoms with Crippen LogP contribution in [0, 0.1) is 19.3 Å². The van der Waals surface area contributed by atoms with Gasteiger partial charge in [0.2, 0.25) is 5.91 Å². The summed E-state index contributed by atoms with van der Waals surface area (Å²) in [4.78, 5) is 23.0. The number of carbonyl (C=O) groups is 2. The van der Waals surface area contributed by atoms with Crippen LogP contribution in [0.15, 0.2) is 16.6 Å². The van der Waals surface area contributed by atoms with Crippen molar-refractivity contribution in [2.45, 2.75) is 27.7 Å². The number of aliphatic carboxylic acids is 1. The van der Waals surface area contributed by atoms with E-state index >= 15 is 0 Å². The lowest BCUT2D eigenvalue weighted by Gasteiger charge is -2.20. The Hall–Kier alpha value is -1.36. The number of carboxylic acids is 1. The van der Waals surface area contributed by atoms with Gasteiger partial charge in [0.15, 0.2) is 0 Å². The number of halogens is 1. The molecule has 18 heavy (non-hydrogen) atoms. The molecule has 0 aliphatic carbocycles. The predicted molar refractivity (Wildman–Crippen MR) is 73.7 cm³/mol. The predicted octanol–water partition coefficient (Wildman–Crippen LogP) is 3.12. The maximum Gasteiger partial charge on any atom is 0.318 e. The zero-order valence-electron chi connectivity index (χ0n) is 10.8. The number of carbonyl (C=O) groups excluding carboxylic acids is 1. The molecule has 0 unspecified atom stereocenters. The van der Waals surface area contributed by atoms with Crippen LogP contribution in [0.5, 0.6) is 0 Å². The molecule has 0 saturated carbocycles. The number of aryl methyl sites for hydroxylation is 2. The summed E-state index contributed by atoms with van der Waals surface area (Å²) in [6, 6.07) is 3.80. The number of hydrogen-bond donors (Lipinski definition) is 2. The van der Waals surface area contributed by atoms with Gasteiger partial charge in [-0.1, -0.05) is 6.07 Å². The second kappa shape index (κ2) is 5.10. The molecule has 2 N–H and O–H groups in total. The largest absolute Gasteiger partial charge is 0.480 e. The van der Waals surface area contributed by atoms with E-state index in [1.807, 2.05) is 26.0 Å². The molecular formula is C13H16BrNO3. The van der Waals surface area contributed by atoms with Crippen LogP contribution < -0.4 is 5.32 Å². The van der Waals surface area contributed by atoms with Crippen LogP contribution in [0.25, 0.3) is 0 Å². The summed E-state index contributed by atoms with van der Waals surface area (Å²) in [5.74, 6) is -1.69. The highest BCUT2D eigenvalue weighted by molar-refractivity contribution is 9.10. The lowest BCUT2D eigenvalue weighted by atomic mass is 9.92. The summed E-state index contributed by atoms with van der Waals surface area (Å²) >= 11 is 3.37. The van der Waals surface area contributed by atoms with Gasteiger partial charge in [-0.25, -0.2) is 0 Å². The van der Waals surface area contributed by atoms with Gasteiger partial charge in [0.05, 0.1) is 5.69 Å². The first-order chi connectivity index (χ1) is 8.16. The first kappa shape index (κ1) is 14.7. The smallest absolute Gasteiger partial charge is 0.318 e. The standard InChI is InChI=1S/C13H16BrNO3/c1-7-5-8(2)10(9(14)6-7)15-11(16)13(3,4)12(17)18/h5-6H,1-4H3,(H,15,16)(H,17,18). The van der Waals surface area contributed by atoms with Crippen LogP contribution in [-0.4, -0.2) is 17.0 Å². The second-order valence-electron chi connectivity index (χ2n) is 4.82. The van der Waals surface area contributed by atoms with Crippen molar-refractivity contribution in [1.29, 1.82) is 0 Å². The molecule has 0 bridgehead atoms. The van der Waals surface area contributed by atoms with Gasteiger partial charge in [-0.15, -0.1) is 0 Å². The highest BCUT2D eigenvalue weighted by Crippen LogP contribution is 2.29. The number of hydrogen-bond acceptors (Lipinski definition) is 2. The average Bonchev–Trinajstić information content (AvgIpc) is 2.22. The van der Waals surface area contributed by atoms with E-state index in [1.165, 1.54) is 13.8 Å². The Labute approximate surface area is 115 Å². The summed E-state index contributed by atoms with van der Waals surface area (Å²) in [6.07, 6.45) is 0. The SMILES string of the molecule is Cc1cc(C)c(NC(=O)C(C)(C)C(=O)O)c(Br)c1. The Morgan fingerprint density at radius 1 is 1.28 bits per heavy atom. The Bertz CT molecular complexity index is 486. The van der Waals surface area contributed by atoms with Crippen LogP contribution in [0.4, 0.5) is 5.69 Å². The Kier molecular flexibility index (Phi) is 4.16. The highest BCUT2D eigenvalue weighted by Gasteiger charge is 2.36. The molecule has 1 amide bonds. The fraction of sp³-hybridized carbons (Fsp3) is 0.385. The van der Waals surface area contributed by atoms with Gasteiger partial charge >= 0.3 is 5.97 Å². The Morgan fingerprint density at radius 2 is 1.83 bits per heavy atom. The number of benzene rings is 1. The number of rotatable bonds is 3. The van der Waals surface area contributed by atoms with Crippen LogP contribution in [0.1, 0.15) is 25.0 Å². The van der Waals surface area contributed by atoms with Crippen molar-refractivity contribution in [2.75, 3.05) is 5.32 Å². The van der Waals surface area contributed by atoms with Crippen molar-refractivity contribution < 1.29 is 14.7 Å². The van der Waals surface area contributed by atoms with E-state index in [0.717, 1.165) is 15.6 Å². The van der Waals surface area contributed by atoms with Crippen LogP contribution in [-0.2, 0) is 9.59 Å². The highest BCUT2D eigenvalue weighted by atomic mass is 79.9. The van der Waals surface area contributed by atoms with Crippen molar-refractivity contribution >= 4 is 33.5 Å². The molecule has 1 aromatic carbocycles. The number of anilines is 1. The minimum atomic E-state index is -1.46. The zero-order valence-corrected chi connectivity index (χ0v) is 12.4. The number of amides is 1. The van der Waals surface area contributed by atoms with Gasteiger partial charge in [-0.05, 0) is 60.8 Å². The lowest BCUT2D eigenvalue weighted by molar-refractivity contribution is -0.151. The van der Waals surface area contributed by atoms with E-state index in [0.29, 0.717) is 5.69 Å². The average molecular weight is 314 g/mol. The van der Waals surface area contributed by atoms with E-state index in [2.05, 4.69) is 21.2 Å². The first-order valence-corrected chi connectivity index (χ1v) is 6.27. The molecule has 0 aliphatic rings. The van der Waals surface area contributed by atoms with Gasteiger partial charge in [0, 0.05) is 4.47 Å². The number of nitrogens with one attached hydrogen (secondary N) is 1. The zero-order chi connectivity index (χ0) is 14.1. The van der Waals surface area contributed by atoms with E-state index in [-0.39, 0.29) is 0 Å². The summed E-state index contributed by atoms with van der Waals surface area (Å²) in [6.45, 7) is 6.57. The van der Waals surface area contributed by atoms with Gasteiger partial charge in [0.1, 0.15) is 5.41 Å². The summed E-state index contributed by atoms with van der Waals surface area (Å²) < 4.78 is 0.745. The molecule has 4 nitrogen and oxygen atoms in total. The summed E-state index contributed by atoms with van der Waals surface area (Å²) in [5, 5.41) is 11.7. The monoisotopic (exact) mass is 313 g/mol. The van der Waals surface area contributed by atoms with Crippen LogP contribution in [0.2, 0.25) is 0 Å². The van der Waals surface area contributed by atoms with E-state index in [9.17, 15) is 9.59 Å². The van der Waals surface area contributed by atoms with E-state index in [4.69, 9.17) is 5.11 Å². The normalized spacial score (nSPS) is 11.2. The topological polar surface area (TPSA) is 66.4 Å². The molecule has 0 spiro atoms. The first-order valence-electron chi connectivity index (χ1n) is 5.48. The van der Waals surface area contributed by atoms with Crippen molar-refractivity contribution in [1.82, 2.24) is 0 Å². The van der Waals surface area contributed by atoms with Gasteiger partial charge in [0.25, 0.3) is 0 Å². The molecule has 0 heterocycles. The van der Waals surface area contributed by atoms with Crippen LogP contribution in [0.3, 0.4) is 0 Å². The molecule has 1 aromatic rings. The maximum absolute atomic E-state index is 12.0. The minimum absolute atomic E-state index is 0.539. The summed E-state index contributed by atoms with van der Waals surface area (Å²) in [7, 11) is 0. The van der Waals surface area contributed by atoms with Crippen molar-refractivity contribution in [3.05, 3.63) is 27.7 Å². The van der Waals surface area contributed by atoms with Crippen molar-refractivity contribution in [3.63, 3.8) is 0 Å². The molecular weight excluding hydrogens is 298 g/mol. The minimum Gasteiger partial charge on any atom is -0.480 e. The third kappa shape index (κ3) is 2.90. The lowest BCUT2D eigenvalue weighted by Crippen LogP contribution is -2.38. The quantitative estimate of drug-likeness (QED) is 0.843. The fourth-order valence-electron chi connectivity index (χ4n) is 1.44. The van der Waals surface area contributed by atoms with Crippen molar-refractivity contribution in [2.24, 2.45) is 5.41 Å². The second-order valence-corrected chi connectivity index (χ2v) is 5.68. The third-order valence-electron chi connectivity index (χ3n) is 2.77. The van der Waals surface area contributed by atoms with Gasteiger partial charge < -0.3 is 10.4 Å². The van der Waals surface area contributed by atoms with E-state index in [1.54, 1.807) is 0 Å². The molecule has 0 saturated heterocycles. The van der Waals surface area contributed by atoms with Crippen molar-refractivity contribution in [3.8, 4) is 0 Å². The van der Waals surface area contributed by atoms with Gasteiger partial charge in [-0.2, -0.15) is 0 Å². The molecule has 0 radical (unpaired) electrons. The van der Waals surface area contributed by atoms with Gasteiger partial charge in [-0.3, -0.25) is 9.59 Å². The molecule has 0 aliphatic heterocycles. The Balaban J connectivity index is 3.07. The number of carboxylic acid groups (broad SMARTS) is 1. The molecule has 1 rings (SSSR count). The molecule has 0 fully saturated rings. The molecule has 0 aromatic heterocycles. The van der Waals surface area contributed by atoms with E-state index < -0.39 is 17.3 Å². The molecule has 98 valence electrons. The molecule has 5 heteroatoms. The Morgan fingerprint density at radius 3 is 2.28 bits per heavy atom. The fourth-order valence-corrected chi connectivity index (χ4v) is 2.21. The molecule has 0 atom stereocenters. The maximum atomic E-state index is 12.0. The van der Waals surface area contributed by atoms with Crippen LogP contribution >= 0.6 is 15.9 Å².